The van der Waals surface area contributed by atoms with E-state index in [9.17, 15) is 0 Å². The van der Waals surface area contributed by atoms with Gasteiger partial charge in [-0.1, -0.05) is 152 Å². The first-order chi connectivity index (χ1) is 12.3. The topological polar surface area (TPSA) is 0 Å². The zero-order valence-electron chi connectivity index (χ0n) is 17.8. The molecule has 0 spiro atoms. The fraction of sp³-hybridized carbons (Fsp3) is 1.00. The van der Waals surface area contributed by atoms with Gasteiger partial charge in [0.2, 0.25) is 0 Å². The van der Waals surface area contributed by atoms with Gasteiger partial charge in [-0.3, -0.25) is 0 Å². The van der Waals surface area contributed by atoms with Crippen LogP contribution in [0.4, 0.5) is 0 Å². The van der Waals surface area contributed by atoms with Crippen molar-refractivity contribution in [2.24, 2.45) is 5.92 Å². The maximum absolute atomic E-state index is 3.57. The highest BCUT2D eigenvalue weighted by Gasteiger charge is 1.99. The second-order valence-electron chi connectivity index (χ2n) is 8.41. The van der Waals surface area contributed by atoms with Gasteiger partial charge in [0.05, 0.1) is 0 Å². The first-order valence-electron chi connectivity index (χ1n) is 11.9. The standard InChI is InChI=1S/C24H49Br/c1-3-4-5-6-7-8-9-10-11-12-13-14-15-16-17-18-19-20-21-22-24(2)23-25/h24H,3-23H2,1-2H3. The van der Waals surface area contributed by atoms with Crippen LogP contribution >= 0.6 is 15.9 Å². The van der Waals surface area contributed by atoms with E-state index >= 15 is 0 Å². The summed E-state index contributed by atoms with van der Waals surface area (Å²) < 4.78 is 0. The molecule has 0 fully saturated rings. The Bertz CT molecular complexity index is 226. The van der Waals surface area contributed by atoms with Crippen LogP contribution in [0.5, 0.6) is 0 Å². The summed E-state index contributed by atoms with van der Waals surface area (Å²) in [6, 6.07) is 0. The van der Waals surface area contributed by atoms with Gasteiger partial charge in [-0.05, 0) is 12.3 Å². The third-order valence-corrected chi connectivity index (χ3v) is 6.67. The number of unbranched alkanes of at least 4 members (excludes halogenated alkanes) is 18. The van der Waals surface area contributed by atoms with Crippen molar-refractivity contribution < 1.29 is 0 Å². The highest BCUT2D eigenvalue weighted by molar-refractivity contribution is 9.09. The summed E-state index contributed by atoms with van der Waals surface area (Å²) >= 11 is 3.57. The smallest absolute Gasteiger partial charge is 0.00570 e. The molecule has 0 bridgehead atoms. The maximum Gasteiger partial charge on any atom is 0.00570 e. The Labute approximate surface area is 169 Å². The average Bonchev–Trinajstić information content (AvgIpc) is 2.63. The van der Waals surface area contributed by atoms with E-state index in [4.69, 9.17) is 0 Å². The third-order valence-electron chi connectivity index (χ3n) is 5.56. The van der Waals surface area contributed by atoms with Gasteiger partial charge in [0.25, 0.3) is 0 Å². The van der Waals surface area contributed by atoms with Crippen molar-refractivity contribution in [1.29, 1.82) is 0 Å². The Morgan fingerprint density at radius 2 is 0.760 bits per heavy atom. The fourth-order valence-corrected chi connectivity index (χ4v) is 3.97. The number of hydrogen-bond donors (Lipinski definition) is 0. The molecular weight excluding hydrogens is 368 g/mol. The van der Waals surface area contributed by atoms with Crippen LogP contribution < -0.4 is 0 Å². The molecular formula is C24H49Br. The fourth-order valence-electron chi connectivity index (χ4n) is 3.65. The van der Waals surface area contributed by atoms with Crippen molar-refractivity contribution in [1.82, 2.24) is 0 Å². The van der Waals surface area contributed by atoms with E-state index in [-0.39, 0.29) is 0 Å². The average molecular weight is 418 g/mol. The van der Waals surface area contributed by atoms with E-state index in [1.54, 1.807) is 0 Å². The van der Waals surface area contributed by atoms with Crippen molar-refractivity contribution in [3.05, 3.63) is 0 Å². The van der Waals surface area contributed by atoms with Crippen LogP contribution in [-0.2, 0) is 0 Å². The summed E-state index contributed by atoms with van der Waals surface area (Å²) in [4.78, 5) is 0. The third kappa shape index (κ3) is 22.4. The molecule has 0 amide bonds. The molecule has 0 aromatic carbocycles. The first kappa shape index (κ1) is 25.5. The number of hydrogen-bond acceptors (Lipinski definition) is 0. The lowest BCUT2D eigenvalue weighted by molar-refractivity contribution is 0.505. The quantitative estimate of drug-likeness (QED) is 0.129. The Hall–Kier alpha value is 0.480. The summed E-state index contributed by atoms with van der Waals surface area (Å²) in [6.45, 7) is 4.65. The van der Waals surface area contributed by atoms with Crippen molar-refractivity contribution in [3.63, 3.8) is 0 Å². The molecule has 0 saturated heterocycles. The van der Waals surface area contributed by atoms with Crippen molar-refractivity contribution in [2.75, 3.05) is 5.33 Å². The molecule has 0 N–H and O–H groups in total. The van der Waals surface area contributed by atoms with Crippen molar-refractivity contribution >= 4 is 15.9 Å². The van der Waals surface area contributed by atoms with E-state index in [0.29, 0.717) is 0 Å². The van der Waals surface area contributed by atoms with Crippen molar-refractivity contribution in [3.8, 4) is 0 Å². The van der Waals surface area contributed by atoms with E-state index in [1.165, 1.54) is 134 Å². The normalized spacial score (nSPS) is 12.6. The van der Waals surface area contributed by atoms with Gasteiger partial charge in [-0.15, -0.1) is 0 Å². The van der Waals surface area contributed by atoms with Crippen LogP contribution in [0, 0.1) is 5.92 Å². The summed E-state index contributed by atoms with van der Waals surface area (Å²) in [5, 5.41) is 1.17. The molecule has 0 aromatic heterocycles. The molecule has 0 aliphatic rings. The predicted molar refractivity (Wildman–Crippen MR) is 121 cm³/mol. The van der Waals surface area contributed by atoms with Gasteiger partial charge < -0.3 is 0 Å². The maximum atomic E-state index is 3.57. The minimum atomic E-state index is 0.866. The van der Waals surface area contributed by atoms with Crippen LogP contribution in [0.3, 0.4) is 0 Å². The molecule has 0 aliphatic carbocycles. The second-order valence-corrected chi connectivity index (χ2v) is 9.06. The molecule has 152 valence electrons. The molecule has 0 aliphatic heterocycles. The highest BCUT2D eigenvalue weighted by atomic mass is 79.9. The molecule has 1 atom stereocenters. The SMILES string of the molecule is CCCCCCCCCCCCCCCCCCCCCC(C)CBr. The minimum absolute atomic E-state index is 0.866. The zero-order chi connectivity index (χ0) is 18.4. The van der Waals surface area contributed by atoms with Crippen LogP contribution in [0.15, 0.2) is 0 Å². The Morgan fingerprint density at radius 3 is 1.04 bits per heavy atom. The van der Waals surface area contributed by atoms with Crippen LogP contribution in [0.2, 0.25) is 0 Å². The molecule has 0 heterocycles. The van der Waals surface area contributed by atoms with E-state index in [1.807, 2.05) is 0 Å². The van der Waals surface area contributed by atoms with Crippen LogP contribution in [0.25, 0.3) is 0 Å². The Morgan fingerprint density at radius 1 is 0.480 bits per heavy atom. The van der Waals surface area contributed by atoms with Gasteiger partial charge in [0, 0.05) is 5.33 Å². The monoisotopic (exact) mass is 416 g/mol. The van der Waals surface area contributed by atoms with E-state index in [0.717, 1.165) is 5.92 Å². The lowest BCUT2D eigenvalue weighted by Gasteiger charge is -2.06. The molecule has 0 aromatic rings. The Balaban J connectivity index is 2.98. The van der Waals surface area contributed by atoms with Crippen LogP contribution in [-0.4, -0.2) is 5.33 Å². The van der Waals surface area contributed by atoms with E-state index in [2.05, 4.69) is 29.8 Å². The van der Waals surface area contributed by atoms with Crippen LogP contribution in [0.1, 0.15) is 142 Å². The molecule has 0 saturated carbocycles. The molecule has 0 rings (SSSR count). The van der Waals surface area contributed by atoms with Gasteiger partial charge in [0.15, 0.2) is 0 Å². The largest absolute Gasteiger partial charge is 0.0925 e. The minimum Gasteiger partial charge on any atom is -0.0925 e. The summed E-state index contributed by atoms with van der Waals surface area (Å²) in [5.41, 5.74) is 0. The summed E-state index contributed by atoms with van der Waals surface area (Å²) in [6.07, 6.45) is 29.3. The number of halogens is 1. The molecule has 25 heavy (non-hydrogen) atoms. The lowest BCUT2D eigenvalue weighted by Crippen LogP contribution is -1.94. The highest BCUT2D eigenvalue weighted by Crippen LogP contribution is 2.16. The molecule has 1 unspecified atom stereocenters. The summed E-state index contributed by atoms with van der Waals surface area (Å²) in [7, 11) is 0. The Kier molecular flexibility index (Phi) is 23.0. The van der Waals surface area contributed by atoms with Gasteiger partial charge in [-0.25, -0.2) is 0 Å². The zero-order valence-corrected chi connectivity index (χ0v) is 19.4. The molecule has 0 nitrogen and oxygen atoms in total. The van der Waals surface area contributed by atoms with E-state index < -0.39 is 0 Å². The molecule has 0 radical (unpaired) electrons. The number of alkyl halides is 1. The second kappa shape index (κ2) is 22.5. The van der Waals surface area contributed by atoms with Gasteiger partial charge in [0.1, 0.15) is 0 Å². The molecule has 1 heteroatoms. The predicted octanol–water partition coefficient (Wildman–Crippen LogP) is 9.84. The van der Waals surface area contributed by atoms with Crippen molar-refractivity contribution in [2.45, 2.75) is 142 Å². The number of rotatable bonds is 21. The van der Waals surface area contributed by atoms with Gasteiger partial charge in [-0.2, -0.15) is 0 Å². The summed E-state index contributed by atoms with van der Waals surface area (Å²) in [5.74, 6) is 0.866. The lowest BCUT2D eigenvalue weighted by atomic mass is 10.0. The van der Waals surface area contributed by atoms with Gasteiger partial charge >= 0.3 is 0 Å². The first-order valence-corrected chi connectivity index (χ1v) is 13.0.